The second-order valence-electron chi connectivity index (χ2n) is 4.37. The Morgan fingerprint density at radius 2 is 2.13 bits per heavy atom. The van der Waals surface area contributed by atoms with Gasteiger partial charge in [0, 0.05) is 26.9 Å². The first-order chi connectivity index (χ1) is 11.0. The lowest BCUT2D eigenvalue weighted by Gasteiger charge is -2.08. The third-order valence-electron chi connectivity index (χ3n) is 2.71. The van der Waals surface area contributed by atoms with Crippen LogP contribution in [0.2, 0.25) is 0 Å². The van der Waals surface area contributed by atoms with E-state index in [1.54, 1.807) is 24.4 Å². The number of ether oxygens (including phenoxy) is 1. The molecular weight excluding hydrogens is 430 g/mol. The Labute approximate surface area is 149 Å². The third kappa shape index (κ3) is 4.77. The van der Waals surface area contributed by atoms with E-state index in [-0.39, 0.29) is 5.75 Å². The summed E-state index contributed by atoms with van der Waals surface area (Å²) in [6.07, 6.45) is 4.35. The van der Waals surface area contributed by atoms with E-state index in [0.29, 0.717) is 28.0 Å². The first-order valence-electron chi connectivity index (χ1n) is 6.60. The highest BCUT2D eigenvalue weighted by Crippen LogP contribution is 2.32. The van der Waals surface area contributed by atoms with Gasteiger partial charge >= 0.3 is 0 Å². The molecule has 1 amide bonds. The Morgan fingerprint density at radius 3 is 2.83 bits per heavy atom. The van der Waals surface area contributed by atoms with Crippen LogP contribution >= 0.6 is 31.9 Å². The molecule has 0 unspecified atom stereocenters. The molecule has 0 aliphatic carbocycles. The number of phenolic OH excluding ortho intramolecular Hbond substituents is 1. The van der Waals surface area contributed by atoms with E-state index >= 15 is 0 Å². The SMILES string of the molecule is CCOc1cc(Br)cc(/C=N/NC(=O)c2cncc(Br)c2)c1O. The molecule has 6 nitrogen and oxygen atoms in total. The number of carbonyl (C=O) groups excluding carboxylic acids is 1. The van der Waals surface area contributed by atoms with Crippen molar-refractivity contribution in [2.45, 2.75) is 6.92 Å². The van der Waals surface area contributed by atoms with Crippen molar-refractivity contribution < 1.29 is 14.6 Å². The Bertz CT molecular complexity index is 751. The average molecular weight is 443 g/mol. The number of aromatic hydroxyl groups is 1. The molecule has 0 bridgehead atoms. The van der Waals surface area contributed by atoms with Crippen LogP contribution in [0.15, 0.2) is 44.6 Å². The maximum Gasteiger partial charge on any atom is 0.272 e. The maximum absolute atomic E-state index is 11.9. The summed E-state index contributed by atoms with van der Waals surface area (Å²) in [6.45, 7) is 2.24. The summed E-state index contributed by atoms with van der Waals surface area (Å²) < 4.78 is 6.74. The summed E-state index contributed by atoms with van der Waals surface area (Å²) in [6, 6.07) is 4.94. The molecule has 0 atom stereocenters. The lowest BCUT2D eigenvalue weighted by molar-refractivity contribution is 0.0954. The normalized spacial score (nSPS) is 10.7. The minimum absolute atomic E-state index is 0.0443. The predicted octanol–water partition coefficient (Wildman–Crippen LogP) is 3.47. The Kier molecular flexibility index (Phi) is 6.12. The Hall–Kier alpha value is -1.93. The van der Waals surface area contributed by atoms with Crippen LogP contribution in [0, 0.1) is 0 Å². The summed E-state index contributed by atoms with van der Waals surface area (Å²) in [4.78, 5) is 15.8. The van der Waals surface area contributed by atoms with Crippen molar-refractivity contribution in [2.75, 3.05) is 6.61 Å². The van der Waals surface area contributed by atoms with Crippen molar-refractivity contribution in [3.8, 4) is 11.5 Å². The van der Waals surface area contributed by atoms with Crippen LogP contribution < -0.4 is 10.2 Å². The van der Waals surface area contributed by atoms with Crippen LogP contribution in [0.25, 0.3) is 0 Å². The molecular formula is C15H13Br2N3O3. The topological polar surface area (TPSA) is 83.8 Å². The van der Waals surface area contributed by atoms with E-state index in [2.05, 4.69) is 47.4 Å². The second-order valence-corrected chi connectivity index (χ2v) is 6.20. The Morgan fingerprint density at radius 1 is 1.35 bits per heavy atom. The van der Waals surface area contributed by atoms with Crippen molar-refractivity contribution >= 4 is 44.0 Å². The van der Waals surface area contributed by atoms with Gasteiger partial charge in [-0.2, -0.15) is 5.10 Å². The summed E-state index contributed by atoms with van der Waals surface area (Å²) in [5, 5.41) is 13.9. The number of amides is 1. The highest BCUT2D eigenvalue weighted by atomic mass is 79.9. The number of pyridine rings is 1. The fraction of sp³-hybridized carbons (Fsp3) is 0.133. The number of nitrogens with one attached hydrogen (secondary N) is 1. The molecule has 0 aliphatic rings. The molecule has 8 heteroatoms. The number of hydrogen-bond donors (Lipinski definition) is 2. The van der Waals surface area contributed by atoms with E-state index in [4.69, 9.17) is 4.74 Å². The average Bonchev–Trinajstić information content (AvgIpc) is 2.51. The molecule has 2 rings (SSSR count). The van der Waals surface area contributed by atoms with Gasteiger partial charge in [-0.25, -0.2) is 5.43 Å². The van der Waals surface area contributed by atoms with Gasteiger partial charge in [0.2, 0.25) is 0 Å². The first-order valence-corrected chi connectivity index (χ1v) is 8.19. The van der Waals surface area contributed by atoms with Gasteiger partial charge in [0.05, 0.1) is 18.4 Å². The van der Waals surface area contributed by atoms with E-state index in [9.17, 15) is 9.90 Å². The molecule has 120 valence electrons. The smallest absolute Gasteiger partial charge is 0.272 e. The molecule has 0 saturated carbocycles. The van der Waals surface area contributed by atoms with E-state index in [1.165, 1.54) is 12.4 Å². The van der Waals surface area contributed by atoms with Gasteiger partial charge in [-0.3, -0.25) is 9.78 Å². The minimum atomic E-state index is -0.408. The van der Waals surface area contributed by atoms with Crippen LogP contribution in [0.3, 0.4) is 0 Å². The number of aromatic nitrogens is 1. The molecule has 0 aliphatic heterocycles. The molecule has 23 heavy (non-hydrogen) atoms. The van der Waals surface area contributed by atoms with Crippen molar-refractivity contribution in [1.82, 2.24) is 10.4 Å². The molecule has 2 N–H and O–H groups in total. The lowest BCUT2D eigenvalue weighted by Crippen LogP contribution is -2.17. The standard InChI is InChI=1S/C15H13Br2N3O3/c1-2-23-13-5-11(16)3-9(14(13)21)7-19-20-15(22)10-4-12(17)8-18-6-10/h3-8,21H,2H2,1H3,(H,20,22)/b19-7+. The van der Waals surface area contributed by atoms with Crippen molar-refractivity contribution in [2.24, 2.45) is 5.10 Å². The quantitative estimate of drug-likeness (QED) is 0.548. The summed E-state index contributed by atoms with van der Waals surface area (Å²) in [7, 11) is 0. The molecule has 0 spiro atoms. The highest BCUT2D eigenvalue weighted by molar-refractivity contribution is 9.10. The van der Waals surface area contributed by atoms with Crippen LogP contribution in [0.4, 0.5) is 0 Å². The number of phenols is 1. The lowest BCUT2D eigenvalue weighted by atomic mass is 10.2. The molecule has 0 fully saturated rings. The van der Waals surface area contributed by atoms with Crippen LogP contribution in [-0.2, 0) is 0 Å². The fourth-order valence-electron chi connectivity index (χ4n) is 1.72. The van der Waals surface area contributed by atoms with Crippen molar-refractivity contribution in [3.05, 3.63) is 50.7 Å². The monoisotopic (exact) mass is 441 g/mol. The minimum Gasteiger partial charge on any atom is -0.504 e. The number of benzene rings is 1. The maximum atomic E-state index is 11.9. The predicted molar refractivity (Wildman–Crippen MR) is 94.0 cm³/mol. The van der Waals surface area contributed by atoms with Gasteiger partial charge in [-0.05, 0) is 41.1 Å². The van der Waals surface area contributed by atoms with Gasteiger partial charge in [0.1, 0.15) is 0 Å². The molecule has 2 aromatic rings. The summed E-state index contributed by atoms with van der Waals surface area (Å²) in [5.74, 6) is -0.113. The van der Waals surface area contributed by atoms with E-state index in [0.717, 1.165) is 4.47 Å². The Balaban J connectivity index is 2.13. The van der Waals surface area contributed by atoms with Gasteiger partial charge in [0.25, 0.3) is 5.91 Å². The zero-order chi connectivity index (χ0) is 16.8. The van der Waals surface area contributed by atoms with Crippen molar-refractivity contribution in [3.63, 3.8) is 0 Å². The van der Waals surface area contributed by atoms with Crippen molar-refractivity contribution in [1.29, 1.82) is 0 Å². The van der Waals surface area contributed by atoms with Crippen LogP contribution in [0.1, 0.15) is 22.8 Å². The van der Waals surface area contributed by atoms with Gasteiger partial charge in [0.15, 0.2) is 11.5 Å². The first kappa shape index (κ1) is 17.4. The fourth-order valence-corrected chi connectivity index (χ4v) is 2.54. The van der Waals surface area contributed by atoms with Gasteiger partial charge < -0.3 is 9.84 Å². The largest absolute Gasteiger partial charge is 0.504 e. The zero-order valence-electron chi connectivity index (χ0n) is 12.1. The van der Waals surface area contributed by atoms with Gasteiger partial charge in [-0.1, -0.05) is 15.9 Å². The number of nitrogens with zero attached hydrogens (tertiary/aromatic N) is 2. The molecule has 0 saturated heterocycles. The molecule has 0 radical (unpaired) electrons. The molecule has 1 aromatic heterocycles. The summed E-state index contributed by atoms with van der Waals surface area (Å²) >= 11 is 6.57. The molecule has 1 heterocycles. The third-order valence-corrected chi connectivity index (χ3v) is 3.60. The number of hydrazone groups is 1. The van der Waals surface area contributed by atoms with Crippen LogP contribution in [-0.4, -0.2) is 28.8 Å². The molecule has 1 aromatic carbocycles. The number of carbonyl (C=O) groups is 1. The highest BCUT2D eigenvalue weighted by Gasteiger charge is 2.09. The number of halogens is 2. The van der Waals surface area contributed by atoms with E-state index < -0.39 is 5.91 Å². The summed E-state index contributed by atoms with van der Waals surface area (Å²) in [5.41, 5.74) is 3.15. The number of hydrogen-bond acceptors (Lipinski definition) is 5. The van der Waals surface area contributed by atoms with E-state index in [1.807, 2.05) is 6.92 Å². The zero-order valence-corrected chi connectivity index (χ0v) is 15.3. The number of rotatable bonds is 5. The van der Waals surface area contributed by atoms with Crippen LogP contribution in [0.5, 0.6) is 11.5 Å². The second kappa shape index (κ2) is 8.07. The van der Waals surface area contributed by atoms with Gasteiger partial charge in [-0.15, -0.1) is 0 Å².